The van der Waals surface area contributed by atoms with E-state index in [0.717, 1.165) is 18.2 Å². The van der Waals surface area contributed by atoms with Gasteiger partial charge in [-0.15, -0.1) is 4.40 Å². The van der Waals surface area contributed by atoms with E-state index in [9.17, 15) is 18.5 Å². The number of ether oxygens (including phenoxy) is 1. The molecule has 0 spiro atoms. The van der Waals surface area contributed by atoms with Gasteiger partial charge in [0.25, 0.3) is 15.7 Å². The van der Waals surface area contributed by atoms with Gasteiger partial charge in [-0.25, -0.2) is 0 Å². The molecule has 0 radical (unpaired) electrons. The molecule has 0 heterocycles. The van der Waals surface area contributed by atoms with Crippen LogP contribution in [0.15, 0.2) is 63.9 Å². The van der Waals surface area contributed by atoms with Crippen molar-refractivity contribution in [2.45, 2.75) is 4.90 Å². The van der Waals surface area contributed by atoms with Gasteiger partial charge < -0.3 is 10.5 Å². The van der Waals surface area contributed by atoms with E-state index in [4.69, 9.17) is 56.9 Å². The van der Waals surface area contributed by atoms with Crippen molar-refractivity contribution in [3.63, 3.8) is 0 Å². The fourth-order valence-electron chi connectivity index (χ4n) is 2.43. The van der Waals surface area contributed by atoms with E-state index in [1.807, 2.05) is 0 Å². The highest BCUT2D eigenvalue weighted by Crippen LogP contribution is 2.41. The number of nitrogens with two attached hydrogens (primary N) is 1. The van der Waals surface area contributed by atoms with Gasteiger partial charge in [0.05, 0.1) is 24.9 Å². The van der Waals surface area contributed by atoms with Crippen molar-refractivity contribution in [3.05, 3.63) is 90.4 Å². The Morgan fingerprint density at radius 2 is 1.53 bits per heavy atom. The molecule has 13 heteroatoms. The zero-order valence-corrected chi connectivity index (χ0v) is 19.5. The highest BCUT2D eigenvalue weighted by atomic mass is 35.5. The van der Waals surface area contributed by atoms with Gasteiger partial charge >= 0.3 is 0 Å². The van der Waals surface area contributed by atoms with Crippen LogP contribution in [0.4, 0.5) is 5.69 Å². The number of nitrogens with zero attached hydrogens (tertiary/aromatic N) is 2. The molecule has 3 aromatic rings. The number of hydrogen-bond acceptors (Lipinski definition) is 5. The number of halogens is 4. The second kappa shape index (κ2) is 9.51. The standard InChI is InChI=1S/C19H11Cl4N3O5S/c20-11-3-1-10(2-4-11)19(24)25-32(29,30)13-8-15(22)18(16(23)9-13)31-17-6-5-12(26(27)28)7-14(17)21/h1-9H,(H2,24,25). The first kappa shape index (κ1) is 24.1. The van der Waals surface area contributed by atoms with E-state index >= 15 is 0 Å². The van der Waals surface area contributed by atoms with Gasteiger partial charge in [0.2, 0.25) is 0 Å². The summed E-state index contributed by atoms with van der Waals surface area (Å²) < 4.78 is 34.5. The Balaban J connectivity index is 1.93. The SMILES string of the molecule is NC(=NS(=O)(=O)c1cc(Cl)c(Oc2ccc([N+](=O)[O-])cc2Cl)c(Cl)c1)c1ccc(Cl)cc1. The predicted octanol–water partition coefficient (Wildman–Crippen LogP) is 6.09. The van der Waals surface area contributed by atoms with Crippen molar-refractivity contribution < 1.29 is 18.1 Å². The molecule has 0 aromatic heterocycles. The lowest BCUT2D eigenvalue weighted by molar-refractivity contribution is -0.384. The minimum atomic E-state index is -4.27. The van der Waals surface area contributed by atoms with Crippen LogP contribution >= 0.6 is 46.4 Å². The average Bonchev–Trinajstić information content (AvgIpc) is 2.71. The number of nitro benzene ring substituents is 1. The lowest BCUT2D eigenvalue weighted by Gasteiger charge is -2.12. The molecule has 0 saturated carbocycles. The van der Waals surface area contributed by atoms with Crippen LogP contribution in [0.3, 0.4) is 0 Å². The molecule has 0 aliphatic heterocycles. The molecular formula is C19H11Cl4N3O5S. The second-order valence-corrected chi connectivity index (χ2v) is 9.41. The molecule has 0 aliphatic carbocycles. The van der Waals surface area contributed by atoms with E-state index in [1.54, 1.807) is 0 Å². The molecule has 0 fully saturated rings. The van der Waals surface area contributed by atoms with Gasteiger partial charge in [0.15, 0.2) is 5.75 Å². The molecule has 0 aliphatic rings. The molecule has 0 bridgehead atoms. The lowest BCUT2D eigenvalue weighted by atomic mass is 10.2. The minimum Gasteiger partial charge on any atom is -0.453 e. The second-order valence-electron chi connectivity index (χ2n) is 6.15. The summed E-state index contributed by atoms with van der Waals surface area (Å²) in [6.07, 6.45) is 0. The Hall–Kier alpha value is -2.56. The number of rotatable bonds is 6. The quantitative estimate of drug-likeness (QED) is 0.176. The molecule has 2 N–H and O–H groups in total. The summed E-state index contributed by atoms with van der Waals surface area (Å²) in [6, 6.07) is 11.8. The van der Waals surface area contributed by atoms with Crippen LogP contribution in [0.5, 0.6) is 11.5 Å². The summed E-state index contributed by atoms with van der Waals surface area (Å²) in [4.78, 5) is 9.88. The van der Waals surface area contributed by atoms with Gasteiger partial charge in [0.1, 0.15) is 11.6 Å². The van der Waals surface area contributed by atoms with Crippen molar-refractivity contribution in [3.8, 4) is 11.5 Å². The molecule has 8 nitrogen and oxygen atoms in total. The Labute approximate surface area is 202 Å². The van der Waals surface area contributed by atoms with E-state index in [2.05, 4.69) is 4.40 Å². The van der Waals surface area contributed by atoms with Gasteiger partial charge in [-0.05, 0) is 42.5 Å². The van der Waals surface area contributed by atoms with Crippen molar-refractivity contribution in [2.24, 2.45) is 10.1 Å². The summed E-state index contributed by atoms with van der Waals surface area (Å²) in [5.74, 6) is -0.328. The summed E-state index contributed by atoms with van der Waals surface area (Å²) in [5.41, 5.74) is 5.91. The Kier molecular flexibility index (Phi) is 7.16. The topological polar surface area (TPSA) is 125 Å². The van der Waals surface area contributed by atoms with Crippen LogP contribution in [-0.2, 0) is 10.0 Å². The molecule has 0 saturated heterocycles. The lowest BCUT2D eigenvalue weighted by Crippen LogP contribution is -2.16. The number of non-ortho nitro benzene ring substituents is 1. The van der Waals surface area contributed by atoms with Crippen LogP contribution in [-0.4, -0.2) is 19.2 Å². The smallest absolute Gasteiger partial charge is 0.284 e. The van der Waals surface area contributed by atoms with E-state index in [1.165, 1.54) is 36.4 Å². The minimum absolute atomic E-state index is 0.0293. The molecule has 3 rings (SSSR count). The molecule has 0 unspecified atom stereocenters. The summed E-state index contributed by atoms with van der Waals surface area (Å²) in [5, 5.41) is 10.9. The fourth-order valence-corrected chi connectivity index (χ4v) is 4.47. The number of benzene rings is 3. The van der Waals surface area contributed by atoms with Crippen LogP contribution in [0.25, 0.3) is 0 Å². The third kappa shape index (κ3) is 5.43. The third-order valence-electron chi connectivity index (χ3n) is 3.97. The van der Waals surface area contributed by atoms with Crippen molar-refractivity contribution in [1.29, 1.82) is 0 Å². The summed E-state index contributed by atoms with van der Waals surface area (Å²) >= 11 is 24.2. The highest BCUT2D eigenvalue weighted by Gasteiger charge is 2.21. The molecule has 32 heavy (non-hydrogen) atoms. The average molecular weight is 535 g/mol. The molecule has 166 valence electrons. The number of amidine groups is 1. The van der Waals surface area contributed by atoms with Crippen LogP contribution < -0.4 is 10.5 Å². The number of hydrogen-bond donors (Lipinski definition) is 1. The first-order valence-corrected chi connectivity index (χ1v) is 11.4. The normalized spacial score (nSPS) is 11.9. The van der Waals surface area contributed by atoms with Crippen molar-refractivity contribution in [1.82, 2.24) is 0 Å². The maximum Gasteiger partial charge on any atom is 0.284 e. The van der Waals surface area contributed by atoms with Gasteiger partial charge in [-0.2, -0.15) is 8.42 Å². The van der Waals surface area contributed by atoms with Crippen molar-refractivity contribution in [2.75, 3.05) is 0 Å². The van der Waals surface area contributed by atoms with Gasteiger partial charge in [0, 0.05) is 22.7 Å². The van der Waals surface area contributed by atoms with E-state index in [0.29, 0.717) is 10.6 Å². The van der Waals surface area contributed by atoms with Gasteiger partial charge in [-0.3, -0.25) is 10.1 Å². The highest BCUT2D eigenvalue weighted by molar-refractivity contribution is 7.90. The van der Waals surface area contributed by atoms with E-state index < -0.39 is 14.9 Å². The van der Waals surface area contributed by atoms with E-state index in [-0.39, 0.29) is 43.0 Å². The third-order valence-corrected chi connectivity index (χ3v) is 6.34. The predicted molar refractivity (Wildman–Crippen MR) is 124 cm³/mol. The molecule has 3 aromatic carbocycles. The largest absolute Gasteiger partial charge is 0.453 e. The zero-order chi connectivity index (χ0) is 23.6. The summed E-state index contributed by atoms with van der Waals surface area (Å²) in [7, 11) is -4.27. The molecule has 0 atom stereocenters. The monoisotopic (exact) mass is 533 g/mol. The fraction of sp³-hybridized carbons (Fsp3) is 0. The van der Waals surface area contributed by atoms with Crippen LogP contribution in [0, 0.1) is 10.1 Å². The van der Waals surface area contributed by atoms with Gasteiger partial charge in [-0.1, -0.05) is 46.4 Å². The zero-order valence-electron chi connectivity index (χ0n) is 15.6. The Bertz CT molecular complexity index is 1320. The number of sulfonamides is 1. The molecule has 0 amide bonds. The maximum absolute atomic E-state index is 12.7. The first-order chi connectivity index (χ1) is 15.0. The van der Waals surface area contributed by atoms with Crippen molar-refractivity contribution >= 4 is 68.0 Å². The van der Waals surface area contributed by atoms with Crippen LogP contribution in [0.2, 0.25) is 20.1 Å². The Morgan fingerprint density at radius 1 is 0.938 bits per heavy atom. The first-order valence-electron chi connectivity index (χ1n) is 8.45. The molecular weight excluding hydrogens is 524 g/mol. The van der Waals surface area contributed by atoms with Crippen LogP contribution in [0.1, 0.15) is 5.56 Å². The summed E-state index contributed by atoms with van der Waals surface area (Å²) in [6.45, 7) is 0. The Morgan fingerprint density at radius 3 is 2.06 bits per heavy atom. The number of nitro groups is 1. The maximum atomic E-state index is 12.7.